The average Bonchev–Trinajstić information content (AvgIpc) is 2.58. The maximum Gasteiger partial charge on any atom is 0.229 e. The van der Waals surface area contributed by atoms with Crippen LogP contribution in [-0.2, 0) is 10.0 Å². The molecule has 6 nitrogen and oxygen atoms in total. The molecule has 0 saturated heterocycles. The molecule has 0 spiro atoms. The molecule has 0 aromatic heterocycles. The zero-order valence-corrected chi connectivity index (χ0v) is 17.6. The van der Waals surface area contributed by atoms with E-state index in [1.54, 1.807) is 24.3 Å². The van der Waals surface area contributed by atoms with Gasteiger partial charge in [-0.1, -0.05) is 13.8 Å². The van der Waals surface area contributed by atoms with Gasteiger partial charge in [-0.2, -0.15) is 11.8 Å². The molecule has 1 aromatic rings. The number of anilines is 1. The number of aliphatic hydroxyl groups is 1. The Bertz CT molecular complexity index is 594. The van der Waals surface area contributed by atoms with Crippen LogP contribution in [0.5, 0.6) is 5.75 Å². The number of likely N-dealkylation sites (N-methyl/N-ethyl adjacent to an activating group) is 1. The van der Waals surface area contributed by atoms with Crippen molar-refractivity contribution in [1.82, 2.24) is 4.90 Å². The normalized spacial score (nSPS) is 13.0. The second-order valence-corrected chi connectivity index (χ2v) is 9.20. The second kappa shape index (κ2) is 12.4. The molecule has 8 heteroatoms. The Hall–Kier alpha value is -0.960. The number of sulfonamides is 1. The van der Waals surface area contributed by atoms with E-state index in [4.69, 9.17) is 4.74 Å². The van der Waals surface area contributed by atoms with Gasteiger partial charge in [0, 0.05) is 12.2 Å². The molecule has 1 rings (SSSR count). The Balaban J connectivity index is 2.32. The van der Waals surface area contributed by atoms with Crippen LogP contribution < -0.4 is 9.46 Å². The van der Waals surface area contributed by atoms with Crippen LogP contribution >= 0.6 is 11.8 Å². The minimum atomic E-state index is -3.28. The quantitative estimate of drug-likeness (QED) is 0.464. The fraction of sp³-hybridized carbons (Fsp3) is 0.667. The molecule has 0 amide bonds. The van der Waals surface area contributed by atoms with Crippen molar-refractivity contribution in [1.29, 1.82) is 0 Å². The maximum atomic E-state index is 11.2. The monoisotopic (exact) mass is 404 g/mol. The number of ether oxygens (including phenoxy) is 1. The molecule has 0 aliphatic rings. The van der Waals surface area contributed by atoms with Crippen molar-refractivity contribution in [3.8, 4) is 5.75 Å². The minimum absolute atomic E-state index is 0.208. The zero-order valence-electron chi connectivity index (χ0n) is 16.0. The van der Waals surface area contributed by atoms with E-state index < -0.39 is 16.1 Å². The number of rotatable bonds is 14. The summed E-state index contributed by atoms with van der Waals surface area (Å²) < 4.78 is 30.4. The number of thioether (sulfide) groups is 1. The first-order valence-electron chi connectivity index (χ1n) is 9.02. The molecule has 0 fully saturated rings. The van der Waals surface area contributed by atoms with E-state index in [9.17, 15) is 13.5 Å². The fourth-order valence-corrected chi connectivity index (χ4v) is 3.78. The van der Waals surface area contributed by atoms with Crippen LogP contribution in [0.4, 0.5) is 5.69 Å². The lowest BCUT2D eigenvalue weighted by atomic mass is 10.3. The van der Waals surface area contributed by atoms with Gasteiger partial charge in [-0.3, -0.25) is 4.72 Å². The van der Waals surface area contributed by atoms with E-state index >= 15 is 0 Å². The smallest absolute Gasteiger partial charge is 0.229 e. The van der Waals surface area contributed by atoms with Crippen molar-refractivity contribution in [3.05, 3.63) is 24.3 Å². The number of hydrogen-bond acceptors (Lipinski definition) is 6. The van der Waals surface area contributed by atoms with Gasteiger partial charge in [0.1, 0.15) is 18.5 Å². The minimum Gasteiger partial charge on any atom is -0.491 e. The molecule has 26 heavy (non-hydrogen) atoms. The van der Waals surface area contributed by atoms with Crippen LogP contribution in [0, 0.1) is 0 Å². The third-order valence-electron chi connectivity index (χ3n) is 3.63. The summed E-state index contributed by atoms with van der Waals surface area (Å²) in [4.78, 5) is 2.24. The standard InChI is InChI=1S/C18H32N2O4S2/c1-4-12-25-13-6-11-20(5-2)14-17(21)15-24-18-9-7-16(8-10-18)19-26(3,22)23/h7-10,17,19,21H,4-6,11-15H2,1-3H3. The largest absolute Gasteiger partial charge is 0.491 e. The topological polar surface area (TPSA) is 78.9 Å². The summed E-state index contributed by atoms with van der Waals surface area (Å²) in [5, 5.41) is 10.2. The van der Waals surface area contributed by atoms with E-state index in [1.807, 2.05) is 11.8 Å². The van der Waals surface area contributed by atoms with Crippen molar-refractivity contribution in [3.63, 3.8) is 0 Å². The fourth-order valence-electron chi connectivity index (χ4n) is 2.39. The molecule has 0 heterocycles. The van der Waals surface area contributed by atoms with E-state index in [0.717, 1.165) is 31.5 Å². The van der Waals surface area contributed by atoms with Gasteiger partial charge in [0.2, 0.25) is 10.0 Å². The van der Waals surface area contributed by atoms with Crippen molar-refractivity contribution in [2.45, 2.75) is 32.8 Å². The molecule has 0 bridgehead atoms. The van der Waals surface area contributed by atoms with Crippen LogP contribution in [0.2, 0.25) is 0 Å². The molecular weight excluding hydrogens is 372 g/mol. The lowest BCUT2D eigenvalue weighted by Gasteiger charge is -2.23. The Morgan fingerprint density at radius 1 is 1.23 bits per heavy atom. The summed E-state index contributed by atoms with van der Waals surface area (Å²) in [6.07, 6.45) is 2.88. The number of nitrogens with one attached hydrogen (secondary N) is 1. The molecule has 2 N–H and O–H groups in total. The lowest BCUT2D eigenvalue weighted by molar-refractivity contribution is 0.0700. The van der Waals surface area contributed by atoms with E-state index in [-0.39, 0.29) is 6.61 Å². The van der Waals surface area contributed by atoms with Gasteiger partial charge in [0.15, 0.2) is 0 Å². The molecule has 1 unspecified atom stereocenters. The lowest BCUT2D eigenvalue weighted by Crippen LogP contribution is -2.36. The number of benzene rings is 1. The summed E-state index contributed by atoms with van der Waals surface area (Å²) in [5.74, 6) is 2.97. The van der Waals surface area contributed by atoms with Crippen molar-refractivity contribution in [2.24, 2.45) is 0 Å². The molecule has 0 radical (unpaired) electrons. The third kappa shape index (κ3) is 10.9. The van der Waals surface area contributed by atoms with E-state index in [1.165, 1.54) is 12.2 Å². The predicted octanol–water partition coefficient (Wildman–Crippen LogP) is 2.65. The van der Waals surface area contributed by atoms with E-state index in [0.29, 0.717) is 18.0 Å². The molecular formula is C18H32N2O4S2. The van der Waals surface area contributed by atoms with Crippen LogP contribution in [0.3, 0.4) is 0 Å². The van der Waals surface area contributed by atoms with E-state index in [2.05, 4.69) is 23.5 Å². The van der Waals surface area contributed by atoms with Crippen molar-refractivity contribution in [2.75, 3.05) is 48.7 Å². The van der Waals surface area contributed by atoms with Gasteiger partial charge in [-0.05, 0) is 61.7 Å². The highest BCUT2D eigenvalue weighted by Gasteiger charge is 2.11. The highest BCUT2D eigenvalue weighted by atomic mass is 32.2. The van der Waals surface area contributed by atoms with Crippen molar-refractivity contribution >= 4 is 27.5 Å². The summed E-state index contributed by atoms with van der Waals surface area (Å²) in [6, 6.07) is 6.63. The first-order chi connectivity index (χ1) is 12.3. The second-order valence-electron chi connectivity index (χ2n) is 6.22. The SMILES string of the molecule is CCCSCCCN(CC)CC(O)COc1ccc(NS(C)(=O)=O)cc1. The highest BCUT2D eigenvalue weighted by molar-refractivity contribution is 7.99. The van der Waals surface area contributed by atoms with Gasteiger partial charge >= 0.3 is 0 Å². The Morgan fingerprint density at radius 2 is 1.92 bits per heavy atom. The van der Waals surface area contributed by atoms with Gasteiger partial charge in [0.05, 0.1) is 6.26 Å². The predicted molar refractivity (Wildman–Crippen MR) is 111 cm³/mol. The first kappa shape index (κ1) is 23.1. The summed E-state index contributed by atoms with van der Waals surface area (Å²) in [7, 11) is -3.28. The Morgan fingerprint density at radius 3 is 2.50 bits per heavy atom. The molecule has 150 valence electrons. The van der Waals surface area contributed by atoms with Gasteiger partial charge < -0.3 is 14.7 Å². The van der Waals surface area contributed by atoms with Crippen molar-refractivity contribution < 1.29 is 18.3 Å². The number of aliphatic hydroxyl groups excluding tert-OH is 1. The van der Waals surface area contributed by atoms with Gasteiger partial charge in [0.25, 0.3) is 0 Å². The maximum absolute atomic E-state index is 11.2. The molecule has 0 aliphatic carbocycles. The summed E-state index contributed by atoms with van der Waals surface area (Å²) >= 11 is 1.98. The third-order valence-corrected chi connectivity index (χ3v) is 5.51. The number of nitrogens with zero attached hydrogens (tertiary/aromatic N) is 1. The van der Waals surface area contributed by atoms with Crippen LogP contribution in [0.15, 0.2) is 24.3 Å². The Labute approximate surface area is 162 Å². The zero-order chi connectivity index (χ0) is 19.4. The Kier molecular flexibility index (Phi) is 11.0. The van der Waals surface area contributed by atoms with Gasteiger partial charge in [-0.15, -0.1) is 0 Å². The van der Waals surface area contributed by atoms with Crippen LogP contribution in [0.25, 0.3) is 0 Å². The first-order valence-corrected chi connectivity index (χ1v) is 12.1. The number of hydrogen-bond donors (Lipinski definition) is 2. The summed E-state index contributed by atoms with van der Waals surface area (Å²) in [5.41, 5.74) is 0.485. The molecule has 0 aliphatic heterocycles. The molecule has 1 aromatic carbocycles. The van der Waals surface area contributed by atoms with Gasteiger partial charge in [-0.25, -0.2) is 8.42 Å². The van der Waals surface area contributed by atoms with Crippen LogP contribution in [-0.4, -0.2) is 68.5 Å². The highest BCUT2D eigenvalue weighted by Crippen LogP contribution is 2.16. The summed E-state index contributed by atoms with van der Waals surface area (Å²) in [6.45, 7) is 6.97. The van der Waals surface area contributed by atoms with Crippen LogP contribution in [0.1, 0.15) is 26.7 Å². The molecule has 1 atom stereocenters. The molecule has 0 saturated carbocycles. The average molecular weight is 405 g/mol.